The molecule has 0 saturated heterocycles. The summed E-state index contributed by atoms with van der Waals surface area (Å²) in [6, 6.07) is 9.39. The van der Waals surface area contributed by atoms with Gasteiger partial charge < -0.3 is 0 Å². The average molecular weight is 292 g/mol. The Bertz CT molecular complexity index is 875. The summed E-state index contributed by atoms with van der Waals surface area (Å²) in [5, 5.41) is 0. The second-order valence-corrected chi connectivity index (χ2v) is 5.23. The molecule has 0 N–H and O–H groups in total. The first-order chi connectivity index (χ1) is 10.4. The van der Waals surface area contributed by atoms with Crippen molar-refractivity contribution in [2.24, 2.45) is 0 Å². The van der Waals surface area contributed by atoms with Crippen LogP contribution in [0.3, 0.4) is 0 Å². The van der Waals surface area contributed by atoms with E-state index in [4.69, 9.17) is 0 Å². The number of ketones is 4. The molecule has 1 aliphatic carbocycles. The molecule has 0 spiro atoms. The summed E-state index contributed by atoms with van der Waals surface area (Å²) < 4.78 is 0. The number of fused-ring (bicyclic) bond motifs is 2. The molecule has 1 aliphatic rings. The van der Waals surface area contributed by atoms with Gasteiger partial charge in [-0.15, -0.1) is 0 Å². The lowest BCUT2D eigenvalue weighted by Crippen LogP contribution is -2.25. The van der Waals surface area contributed by atoms with Gasteiger partial charge in [-0.2, -0.15) is 0 Å². The van der Waals surface area contributed by atoms with Gasteiger partial charge in [0.2, 0.25) is 0 Å². The van der Waals surface area contributed by atoms with Crippen LogP contribution in [-0.4, -0.2) is 23.1 Å². The standard InChI is InChI=1S/C18H12O4/c1-9(19)11-7-8-14-16(15(11)10(2)20)18(22)13-6-4-3-5-12(13)17(14)21/h3-8H,1-2H3. The summed E-state index contributed by atoms with van der Waals surface area (Å²) in [7, 11) is 0. The van der Waals surface area contributed by atoms with Gasteiger partial charge in [-0.3, -0.25) is 19.2 Å². The summed E-state index contributed by atoms with van der Waals surface area (Å²) in [5.74, 6) is -1.41. The van der Waals surface area contributed by atoms with Gasteiger partial charge in [0.25, 0.3) is 0 Å². The van der Waals surface area contributed by atoms with Gasteiger partial charge in [0, 0.05) is 33.4 Å². The van der Waals surface area contributed by atoms with Crippen LogP contribution in [-0.2, 0) is 0 Å². The normalized spacial score (nSPS) is 12.6. The Morgan fingerprint density at radius 1 is 0.727 bits per heavy atom. The lowest BCUT2D eigenvalue weighted by molar-refractivity contribution is 0.0958. The molecule has 0 saturated carbocycles. The molecule has 0 atom stereocenters. The fraction of sp³-hybridized carbons (Fsp3) is 0.111. The van der Waals surface area contributed by atoms with Crippen LogP contribution in [0.5, 0.6) is 0 Å². The van der Waals surface area contributed by atoms with E-state index in [1.165, 1.54) is 26.0 Å². The second-order valence-electron chi connectivity index (χ2n) is 5.23. The quantitative estimate of drug-likeness (QED) is 0.681. The lowest BCUT2D eigenvalue weighted by atomic mass is 9.79. The lowest BCUT2D eigenvalue weighted by Gasteiger charge is -2.20. The van der Waals surface area contributed by atoms with E-state index < -0.39 is 11.6 Å². The van der Waals surface area contributed by atoms with Gasteiger partial charge in [-0.25, -0.2) is 0 Å². The maximum absolute atomic E-state index is 12.7. The summed E-state index contributed by atoms with van der Waals surface area (Å²) in [6.07, 6.45) is 0. The minimum atomic E-state index is -0.400. The Hall–Kier alpha value is -2.88. The van der Waals surface area contributed by atoms with Crippen LogP contribution in [0, 0.1) is 0 Å². The molecule has 4 nitrogen and oxygen atoms in total. The second kappa shape index (κ2) is 4.84. The Kier molecular flexibility index (Phi) is 3.10. The largest absolute Gasteiger partial charge is 0.294 e. The summed E-state index contributed by atoms with van der Waals surface area (Å²) in [6.45, 7) is 2.62. The van der Waals surface area contributed by atoms with Crippen molar-refractivity contribution in [2.45, 2.75) is 13.8 Å². The summed E-state index contributed by atoms with van der Waals surface area (Å²) >= 11 is 0. The van der Waals surface area contributed by atoms with Crippen molar-refractivity contribution in [1.29, 1.82) is 0 Å². The smallest absolute Gasteiger partial charge is 0.195 e. The Labute approximate surface area is 126 Å². The molecule has 0 amide bonds. The highest BCUT2D eigenvalue weighted by atomic mass is 16.1. The van der Waals surface area contributed by atoms with Gasteiger partial charge in [0.1, 0.15) is 0 Å². The topological polar surface area (TPSA) is 68.3 Å². The Morgan fingerprint density at radius 2 is 1.32 bits per heavy atom. The van der Waals surface area contributed by atoms with Crippen LogP contribution in [0.2, 0.25) is 0 Å². The van der Waals surface area contributed by atoms with Crippen molar-refractivity contribution < 1.29 is 19.2 Å². The number of hydrogen-bond acceptors (Lipinski definition) is 4. The van der Waals surface area contributed by atoms with E-state index in [9.17, 15) is 19.2 Å². The number of rotatable bonds is 2. The molecule has 3 rings (SSSR count). The monoisotopic (exact) mass is 292 g/mol. The van der Waals surface area contributed by atoms with E-state index in [0.717, 1.165) is 0 Å². The van der Waals surface area contributed by atoms with Gasteiger partial charge in [-0.1, -0.05) is 24.3 Å². The van der Waals surface area contributed by atoms with Crippen LogP contribution in [0.4, 0.5) is 0 Å². The van der Waals surface area contributed by atoms with Gasteiger partial charge in [-0.05, 0) is 26.0 Å². The van der Waals surface area contributed by atoms with E-state index in [1.54, 1.807) is 24.3 Å². The fourth-order valence-corrected chi connectivity index (χ4v) is 2.85. The van der Waals surface area contributed by atoms with E-state index in [0.29, 0.717) is 5.56 Å². The number of hydrogen-bond donors (Lipinski definition) is 0. The van der Waals surface area contributed by atoms with Crippen molar-refractivity contribution in [3.8, 4) is 0 Å². The SMILES string of the molecule is CC(=O)c1ccc2c(c1C(C)=O)C(=O)c1ccccc1C2=O. The minimum Gasteiger partial charge on any atom is -0.294 e. The molecule has 22 heavy (non-hydrogen) atoms. The molecule has 0 bridgehead atoms. The zero-order valence-electron chi connectivity index (χ0n) is 12.1. The van der Waals surface area contributed by atoms with E-state index >= 15 is 0 Å². The van der Waals surface area contributed by atoms with Gasteiger partial charge in [0.15, 0.2) is 23.1 Å². The minimum absolute atomic E-state index is 0.0397. The molecule has 108 valence electrons. The van der Waals surface area contributed by atoms with Crippen LogP contribution < -0.4 is 0 Å². The molecule has 0 aliphatic heterocycles. The molecular weight excluding hydrogens is 280 g/mol. The highest BCUT2D eigenvalue weighted by Crippen LogP contribution is 2.31. The molecule has 4 heteroatoms. The number of Topliss-reactive ketones (excluding diaryl/α,β-unsaturated/α-hetero) is 2. The molecule has 0 heterocycles. The predicted molar refractivity (Wildman–Crippen MR) is 79.8 cm³/mol. The van der Waals surface area contributed by atoms with Crippen LogP contribution in [0.1, 0.15) is 66.4 Å². The third-order valence-electron chi connectivity index (χ3n) is 3.82. The first kappa shape index (κ1) is 14.1. The average Bonchev–Trinajstić information content (AvgIpc) is 2.51. The molecule has 2 aromatic carbocycles. The van der Waals surface area contributed by atoms with Crippen molar-refractivity contribution in [3.63, 3.8) is 0 Å². The zero-order chi connectivity index (χ0) is 16.0. The van der Waals surface area contributed by atoms with Gasteiger partial charge in [0.05, 0.1) is 0 Å². The van der Waals surface area contributed by atoms with E-state index in [2.05, 4.69) is 0 Å². The first-order valence-electron chi connectivity index (χ1n) is 6.80. The molecule has 0 aromatic heterocycles. The van der Waals surface area contributed by atoms with Crippen LogP contribution in [0.15, 0.2) is 36.4 Å². The first-order valence-corrected chi connectivity index (χ1v) is 6.80. The molecule has 0 radical (unpaired) electrons. The van der Waals surface area contributed by atoms with Crippen molar-refractivity contribution in [2.75, 3.05) is 0 Å². The fourth-order valence-electron chi connectivity index (χ4n) is 2.85. The Balaban J connectivity index is 2.41. The predicted octanol–water partition coefficient (Wildman–Crippen LogP) is 2.87. The number of carbonyl (C=O) groups excluding carboxylic acids is 4. The number of carbonyl (C=O) groups is 4. The van der Waals surface area contributed by atoms with Crippen LogP contribution in [0.25, 0.3) is 0 Å². The van der Waals surface area contributed by atoms with E-state index in [1.807, 2.05) is 0 Å². The highest BCUT2D eigenvalue weighted by molar-refractivity contribution is 6.31. The van der Waals surface area contributed by atoms with Crippen molar-refractivity contribution in [3.05, 3.63) is 69.8 Å². The Morgan fingerprint density at radius 3 is 1.86 bits per heavy atom. The van der Waals surface area contributed by atoms with Crippen molar-refractivity contribution in [1.82, 2.24) is 0 Å². The molecular formula is C18H12O4. The highest BCUT2D eigenvalue weighted by Gasteiger charge is 2.34. The summed E-state index contributed by atoms with van der Waals surface area (Å²) in [5.41, 5.74) is 1.03. The summed E-state index contributed by atoms with van der Waals surface area (Å²) in [4.78, 5) is 49.0. The third kappa shape index (κ3) is 1.84. The maximum Gasteiger partial charge on any atom is 0.195 e. The molecule has 0 fully saturated rings. The molecule has 2 aromatic rings. The van der Waals surface area contributed by atoms with Gasteiger partial charge >= 0.3 is 0 Å². The third-order valence-corrected chi connectivity index (χ3v) is 3.82. The number of benzene rings is 2. The van der Waals surface area contributed by atoms with Crippen molar-refractivity contribution >= 4 is 23.1 Å². The molecule has 0 unspecified atom stereocenters. The maximum atomic E-state index is 12.7. The van der Waals surface area contributed by atoms with Crippen LogP contribution >= 0.6 is 0 Å². The van der Waals surface area contributed by atoms with E-state index in [-0.39, 0.29) is 39.4 Å². The zero-order valence-corrected chi connectivity index (χ0v) is 12.1.